The number of hydrogen-bond donors (Lipinski definition) is 0. The molecule has 158 valence electrons. The molecule has 0 unspecified atom stereocenters. The van der Waals surface area contributed by atoms with E-state index in [1.807, 2.05) is 29.2 Å². The third-order valence-electron chi connectivity index (χ3n) is 7.18. The molecule has 1 amide bonds. The van der Waals surface area contributed by atoms with Crippen LogP contribution >= 0.6 is 0 Å². The molecule has 3 aromatic rings. The van der Waals surface area contributed by atoms with Gasteiger partial charge in [-0.15, -0.1) is 0 Å². The van der Waals surface area contributed by atoms with Gasteiger partial charge in [0.25, 0.3) is 5.91 Å². The molecule has 4 heterocycles. The minimum Gasteiger partial charge on any atom is -0.339 e. The molecule has 6 rings (SSSR count). The minimum atomic E-state index is 0.0958. The smallest absolute Gasteiger partial charge is 0.254 e. The number of rotatable bonds is 5. The zero-order valence-corrected chi connectivity index (χ0v) is 17.5. The monoisotopic (exact) mass is 414 g/mol. The second kappa shape index (κ2) is 7.61. The maximum absolute atomic E-state index is 12.6. The van der Waals surface area contributed by atoms with Gasteiger partial charge >= 0.3 is 0 Å². The van der Waals surface area contributed by atoms with Gasteiger partial charge in [0.05, 0.1) is 0 Å². The van der Waals surface area contributed by atoms with E-state index in [4.69, 9.17) is 9.51 Å². The van der Waals surface area contributed by atoms with Gasteiger partial charge in [-0.3, -0.25) is 9.69 Å². The normalized spacial score (nSPS) is 25.2. The van der Waals surface area contributed by atoms with Crippen molar-refractivity contribution >= 4 is 5.91 Å². The summed E-state index contributed by atoms with van der Waals surface area (Å²) in [7, 11) is 0. The largest absolute Gasteiger partial charge is 0.339 e. The van der Waals surface area contributed by atoms with Gasteiger partial charge in [0.15, 0.2) is 5.82 Å². The molecule has 0 N–H and O–H groups in total. The average Bonchev–Trinajstić information content (AvgIpc) is 3.57. The lowest BCUT2D eigenvalue weighted by atomic mass is 9.94. The van der Waals surface area contributed by atoms with E-state index in [1.165, 1.54) is 18.4 Å². The number of amides is 1. The van der Waals surface area contributed by atoms with E-state index in [-0.39, 0.29) is 5.91 Å². The van der Waals surface area contributed by atoms with Crippen LogP contribution in [-0.2, 0) is 13.0 Å². The van der Waals surface area contributed by atoms with Gasteiger partial charge in [0.2, 0.25) is 5.89 Å². The summed E-state index contributed by atoms with van der Waals surface area (Å²) in [5.74, 6) is 1.87. The van der Waals surface area contributed by atoms with E-state index < -0.39 is 0 Å². The second-order valence-corrected chi connectivity index (χ2v) is 8.90. The summed E-state index contributed by atoms with van der Waals surface area (Å²) in [6.45, 7) is 2.40. The predicted octanol–water partition coefficient (Wildman–Crippen LogP) is 3.96. The Kier molecular flexibility index (Phi) is 4.60. The predicted molar refractivity (Wildman–Crippen MR) is 115 cm³/mol. The van der Waals surface area contributed by atoms with Crippen LogP contribution in [0.3, 0.4) is 0 Å². The lowest BCUT2D eigenvalue weighted by molar-refractivity contribution is 0.0777. The van der Waals surface area contributed by atoms with Crippen molar-refractivity contribution in [3.8, 4) is 0 Å². The summed E-state index contributed by atoms with van der Waals surface area (Å²) in [4.78, 5) is 21.9. The molecule has 6 heteroatoms. The highest BCUT2D eigenvalue weighted by Crippen LogP contribution is 2.48. The third kappa shape index (κ3) is 3.26. The maximum Gasteiger partial charge on any atom is 0.254 e. The Bertz CT molecular complexity index is 1100. The standard InChI is InChI=1S/C25H26N4O2/c30-25-19-10-5-4-9-18(19)16-28(25)14-12-23-26-24(27-31-23)20-15-22(17-7-2-1-3-8-17)29-13-6-11-21(20)29/h1-5,7-10,20-22H,6,11-16H2/t20-,21+,22-/m1/s1. The number of aromatic nitrogens is 2. The van der Waals surface area contributed by atoms with E-state index in [0.29, 0.717) is 43.4 Å². The Morgan fingerprint density at radius 3 is 2.77 bits per heavy atom. The fourth-order valence-electron chi connectivity index (χ4n) is 5.69. The van der Waals surface area contributed by atoms with Crippen LogP contribution in [0, 0.1) is 0 Å². The molecular weight excluding hydrogens is 388 g/mol. The quantitative estimate of drug-likeness (QED) is 0.632. The summed E-state index contributed by atoms with van der Waals surface area (Å²) in [5.41, 5.74) is 3.29. The first-order chi connectivity index (χ1) is 15.3. The van der Waals surface area contributed by atoms with Gasteiger partial charge in [-0.2, -0.15) is 4.98 Å². The van der Waals surface area contributed by atoms with Crippen LogP contribution in [0.4, 0.5) is 0 Å². The van der Waals surface area contributed by atoms with Gasteiger partial charge in [-0.1, -0.05) is 53.7 Å². The summed E-state index contributed by atoms with van der Waals surface area (Å²) in [5, 5.41) is 4.37. The highest BCUT2D eigenvalue weighted by molar-refractivity contribution is 5.98. The number of fused-ring (bicyclic) bond motifs is 2. The third-order valence-corrected chi connectivity index (χ3v) is 7.18. The molecule has 2 aromatic carbocycles. The number of carbonyl (C=O) groups is 1. The Morgan fingerprint density at radius 1 is 1.06 bits per heavy atom. The van der Waals surface area contributed by atoms with Crippen LogP contribution in [0.1, 0.15) is 64.4 Å². The Hall–Kier alpha value is -2.99. The molecule has 2 fully saturated rings. The molecule has 0 radical (unpaired) electrons. The van der Waals surface area contributed by atoms with Crippen molar-refractivity contribution in [1.29, 1.82) is 0 Å². The molecular formula is C25H26N4O2. The molecule has 0 saturated carbocycles. The highest BCUT2D eigenvalue weighted by Gasteiger charge is 2.46. The Balaban J connectivity index is 1.15. The molecule has 0 aliphatic carbocycles. The fraction of sp³-hybridized carbons (Fsp3) is 0.400. The van der Waals surface area contributed by atoms with Crippen molar-refractivity contribution in [2.24, 2.45) is 0 Å². The zero-order valence-electron chi connectivity index (χ0n) is 17.5. The molecule has 31 heavy (non-hydrogen) atoms. The molecule has 3 atom stereocenters. The number of hydrogen-bond acceptors (Lipinski definition) is 5. The first kappa shape index (κ1) is 18.8. The van der Waals surface area contributed by atoms with Crippen LogP contribution in [-0.4, -0.2) is 45.0 Å². The van der Waals surface area contributed by atoms with E-state index in [2.05, 4.69) is 40.4 Å². The second-order valence-electron chi connectivity index (χ2n) is 8.90. The molecule has 2 saturated heterocycles. The summed E-state index contributed by atoms with van der Waals surface area (Å²) in [6, 6.07) is 19.5. The average molecular weight is 415 g/mol. The molecule has 6 nitrogen and oxygen atoms in total. The zero-order chi connectivity index (χ0) is 20.8. The minimum absolute atomic E-state index is 0.0958. The number of nitrogens with zero attached hydrogens (tertiary/aromatic N) is 4. The van der Waals surface area contributed by atoms with Crippen LogP contribution in [0.2, 0.25) is 0 Å². The van der Waals surface area contributed by atoms with E-state index in [0.717, 1.165) is 29.9 Å². The highest BCUT2D eigenvalue weighted by atomic mass is 16.5. The van der Waals surface area contributed by atoms with E-state index >= 15 is 0 Å². The Morgan fingerprint density at radius 2 is 1.90 bits per heavy atom. The lowest BCUT2D eigenvalue weighted by Crippen LogP contribution is -2.27. The molecule has 3 aliphatic heterocycles. The topological polar surface area (TPSA) is 62.5 Å². The van der Waals surface area contributed by atoms with Crippen LogP contribution < -0.4 is 0 Å². The van der Waals surface area contributed by atoms with Crippen LogP contribution in [0.5, 0.6) is 0 Å². The number of benzene rings is 2. The summed E-state index contributed by atoms with van der Waals surface area (Å²) in [6.07, 6.45) is 4.05. The van der Waals surface area contributed by atoms with Crippen molar-refractivity contribution in [3.63, 3.8) is 0 Å². The van der Waals surface area contributed by atoms with Gasteiger partial charge in [0, 0.05) is 43.1 Å². The summed E-state index contributed by atoms with van der Waals surface area (Å²) >= 11 is 0. The maximum atomic E-state index is 12.6. The molecule has 3 aliphatic rings. The van der Waals surface area contributed by atoms with E-state index in [1.54, 1.807) is 0 Å². The van der Waals surface area contributed by atoms with Crippen LogP contribution in [0.15, 0.2) is 59.1 Å². The van der Waals surface area contributed by atoms with Gasteiger partial charge in [-0.05, 0) is 43.0 Å². The van der Waals surface area contributed by atoms with Gasteiger partial charge < -0.3 is 9.42 Å². The van der Waals surface area contributed by atoms with Crippen molar-refractivity contribution < 1.29 is 9.32 Å². The Labute approximate surface area is 181 Å². The van der Waals surface area contributed by atoms with Crippen LogP contribution in [0.25, 0.3) is 0 Å². The van der Waals surface area contributed by atoms with E-state index in [9.17, 15) is 4.79 Å². The first-order valence-corrected chi connectivity index (χ1v) is 11.3. The van der Waals surface area contributed by atoms with Crippen molar-refractivity contribution in [2.45, 2.75) is 50.2 Å². The molecule has 1 aromatic heterocycles. The van der Waals surface area contributed by atoms with Gasteiger partial charge in [0.1, 0.15) is 0 Å². The molecule has 0 bridgehead atoms. The van der Waals surface area contributed by atoms with Crippen molar-refractivity contribution in [1.82, 2.24) is 19.9 Å². The molecule has 0 spiro atoms. The van der Waals surface area contributed by atoms with Crippen molar-refractivity contribution in [2.75, 3.05) is 13.1 Å². The van der Waals surface area contributed by atoms with Crippen molar-refractivity contribution in [3.05, 3.63) is 83.0 Å². The number of carbonyl (C=O) groups excluding carboxylic acids is 1. The fourth-order valence-corrected chi connectivity index (χ4v) is 5.69. The SMILES string of the molecule is O=C1c2ccccc2CN1CCc1nc([C@@H]2C[C@H](c3ccccc3)N3CCC[C@@H]23)no1. The van der Waals surface area contributed by atoms with Gasteiger partial charge in [-0.25, -0.2) is 0 Å². The lowest BCUT2D eigenvalue weighted by Gasteiger charge is -2.24. The first-order valence-electron chi connectivity index (χ1n) is 11.3. The summed E-state index contributed by atoms with van der Waals surface area (Å²) < 4.78 is 5.62.